The highest BCUT2D eigenvalue weighted by atomic mass is 16.6. The van der Waals surface area contributed by atoms with Gasteiger partial charge in [-0.25, -0.2) is 0 Å². The summed E-state index contributed by atoms with van der Waals surface area (Å²) in [4.78, 5) is 0. The van der Waals surface area contributed by atoms with Crippen molar-refractivity contribution in [3.05, 3.63) is 83.9 Å². The second-order valence-corrected chi connectivity index (χ2v) is 6.47. The van der Waals surface area contributed by atoms with Gasteiger partial charge < -0.3 is 14.2 Å². The highest BCUT2D eigenvalue weighted by Gasteiger charge is 2.43. The lowest BCUT2D eigenvalue weighted by atomic mass is 10.1. The van der Waals surface area contributed by atoms with Crippen LogP contribution in [0, 0.1) is 0 Å². The number of epoxide rings is 2. The molecular weight excluding hydrogens is 312 g/mol. The van der Waals surface area contributed by atoms with Gasteiger partial charge in [0.15, 0.2) is 0 Å². The van der Waals surface area contributed by atoms with Crippen LogP contribution in [0.25, 0.3) is 12.2 Å². The van der Waals surface area contributed by atoms with Gasteiger partial charge in [-0.3, -0.25) is 0 Å². The van der Waals surface area contributed by atoms with Gasteiger partial charge in [0.1, 0.15) is 24.4 Å². The maximum absolute atomic E-state index is 5.79. The van der Waals surface area contributed by atoms with Gasteiger partial charge in [-0.15, -0.1) is 0 Å². The average Bonchev–Trinajstić information content (AvgIpc) is 3.58. The van der Waals surface area contributed by atoms with Crippen molar-refractivity contribution in [2.24, 2.45) is 0 Å². The van der Waals surface area contributed by atoms with E-state index in [9.17, 15) is 0 Å². The van der Waals surface area contributed by atoms with Gasteiger partial charge in [0, 0.05) is 0 Å². The predicted octanol–water partition coefficient (Wildman–Crippen LogP) is 4.57. The van der Waals surface area contributed by atoms with Crippen molar-refractivity contribution in [2.45, 2.75) is 24.4 Å². The smallest absolute Gasteiger partial charge is 0.112 e. The Labute approximate surface area is 148 Å². The summed E-state index contributed by atoms with van der Waals surface area (Å²) in [6.07, 6.45) is 4.30. The number of hydrogen-bond acceptors (Lipinski definition) is 3. The van der Waals surface area contributed by atoms with E-state index in [1.807, 2.05) is 12.2 Å². The summed E-state index contributed by atoms with van der Waals surface area (Å²) in [7, 11) is 0. The van der Waals surface area contributed by atoms with Crippen molar-refractivity contribution in [2.75, 3.05) is 13.2 Å². The van der Waals surface area contributed by atoms with E-state index in [1.54, 1.807) is 0 Å². The summed E-state index contributed by atoms with van der Waals surface area (Å²) in [5.74, 6) is 0. The molecule has 2 heterocycles. The Morgan fingerprint density at radius 1 is 0.720 bits per heavy atom. The van der Waals surface area contributed by atoms with Gasteiger partial charge in [-0.1, -0.05) is 73.8 Å². The van der Waals surface area contributed by atoms with Gasteiger partial charge in [-0.2, -0.15) is 0 Å². The van der Waals surface area contributed by atoms with Gasteiger partial charge in [0.05, 0.1) is 13.2 Å². The van der Waals surface area contributed by atoms with Crippen molar-refractivity contribution in [3.63, 3.8) is 0 Å². The molecule has 0 bridgehead atoms. The third-order valence-corrected chi connectivity index (χ3v) is 4.73. The number of hydrogen-bond donors (Lipinski definition) is 0. The molecule has 3 heteroatoms. The molecule has 2 aliphatic heterocycles. The Kier molecular flexibility index (Phi) is 4.53. The SMILES string of the molecule is C=Cc1ccc(C2OC2COCC2OC2c2ccc(C=C)cc2)cc1. The minimum Gasteiger partial charge on any atom is -0.376 e. The standard InChI is InChI=1S/C22H22O3/c1-3-15-5-9-17(10-6-15)21-19(24-21)13-23-14-20-22(25-20)18-11-7-16(4-2)8-12-18/h3-12,19-22H,1-2,13-14H2. The molecular formula is C22H22O3. The molecule has 2 aromatic rings. The topological polar surface area (TPSA) is 34.3 Å². The van der Waals surface area contributed by atoms with Gasteiger partial charge in [-0.05, 0) is 22.3 Å². The Morgan fingerprint density at radius 2 is 1.12 bits per heavy atom. The fourth-order valence-electron chi connectivity index (χ4n) is 3.07. The molecule has 4 unspecified atom stereocenters. The normalized spacial score (nSPS) is 26.9. The van der Waals surface area contributed by atoms with Crippen LogP contribution in [0.5, 0.6) is 0 Å². The third kappa shape index (κ3) is 3.74. The number of ether oxygens (including phenoxy) is 3. The monoisotopic (exact) mass is 334 g/mol. The molecule has 0 N–H and O–H groups in total. The van der Waals surface area contributed by atoms with E-state index in [0.717, 1.165) is 11.1 Å². The summed E-state index contributed by atoms with van der Waals surface area (Å²) in [6.45, 7) is 8.75. The van der Waals surface area contributed by atoms with Crippen LogP contribution in [0.15, 0.2) is 61.7 Å². The van der Waals surface area contributed by atoms with Crippen LogP contribution in [0.3, 0.4) is 0 Å². The van der Waals surface area contributed by atoms with E-state index in [2.05, 4.69) is 61.7 Å². The van der Waals surface area contributed by atoms with E-state index >= 15 is 0 Å². The van der Waals surface area contributed by atoms with Crippen LogP contribution in [0.1, 0.15) is 34.5 Å². The summed E-state index contributed by atoms with van der Waals surface area (Å²) < 4.78 is 17.2. The molecule has 128 valence electrons. The summed E-state index contributed by atoms with van der Waals surface area (Å²) >= 11 is 0. The van der Waals surface area contributed by atoms with Crippen LogP contribution in [-0.2, 0) is 14.2 Å². The zero-order valence-electron chi connectivity index (χ0n) is 14.1. The predicted molar refractivity (Wildman–Crippen MR) is 99.1 cm³/mol. The lowest BCUT2D eigenvalue weighted by Crippen LogP contribution is -2.08. The minimum atomic E-state index is 0.152. The van der Waals surface area contributed by atoms with E-state index in [1.165, 1.54) is 11.1 Å². The lowest BCUT2D eigenvalue weighted by molar-refractivity contribution is 0.102. The molecule has 4 atom stereocenters. The zero-order valence-corrected chi connectivity index (χ0v) is 14.1. The largest absolute Gasteiger partial charge is 0.376 e. The van der Waals surface area contributed by atoms with Crippen LogP contribution in [0.4, 0.5) is 0 Å². The lowest BCUT2D eigenvalue weighted by Gasteiger charge is -2.00. The number of rotatable bonds is 8. The third-order valence-electron chi connectivity index (χ3n) is 4.73. The van der Waals surface area contributed by atoms with E-state index in [-0.39, 0.29) is 24.4 Å². The van der Waals surface area contributed by atoms with Gasteiger partial charge >= 0.3 is 0 Å². The highest BCUT2D eigenvalue weighted by Crippen LogP contribution is 2.41. The molecule has 0 saturated carbocycles. The summed E-state index contributed by atoms with van der Waals surface area (Å²) in [6, 6.07) is 16.6. The Morgan fingerprint density at radius 3 is 1.48 bits per heavy atom. The summed E-state index contributed by atoms with van der Waals surface area (Å²) in [5.41, 5.74) is 4.63. The van der Waals surface area contributed by atoms with Crippen molar-refractivity contribution >= 4 is 12.2 Å². The Bertz CT molecular complexity index is 682. The van der Waals surface area contributed by atoms with E-state index in [0.29, 0.717) is 13.2 Å². The summed E-state index contributed by atoms with van der Waals surface area (Å²) in [5, 5.41) is 0. The van der Waals surface area contributed by atoms with Crippen LogP contribution in [-0.4, -0.2) is 25.4 Å². The molecule has 0 aromatic heterocycles. The van der Waals surface area contributed by atoms with Crippen molar-refractivity contribution in [1.82, 2.24) is 0 Å². The minimum absolute atomic E-state index is 0.152. The first-order chi connectivity index (χ1) is 12.3. The molecule has 2 aliphatic rings. The average molecular weight is 334 g/mol. The Balaban J connectivity index is 1.19. The quantitative estimate of drug-likeness (QED) is 0.663. The fraction of sp³-hybridized carbons (Fsp3) is 0.273. The molecule has 0 radical (unpaired) electrons. The molecule has 0 aliphatic carbocycles. The van der Waals surface area contributed by atoms with Gasteiger partial charge in [0.2, 0.25) is 0 Å². The zero-order chi connectivity index (χ0) is 17.2. The first-order valence-electron chi connectivity index (χ1n) is 8.62. The first-order valence-corrected chi connectivity index (χ1v) is 8.62. The van der Waals surface area contributed by atoms with Crippen molar-refractivity contribution < 1.29 is 14.2 Å². The van der Waals surface area contributed by atoms with Crippen molar-refractivity contribution in [3.8, 4) is 0 Å². The van der Waals surface area contributed by atoms with Crippen molar-refractivity contribution in [1.29, 1.82) is 0 Å². The second-order valence-electron chi connectivity index (χ2n) is 6.47. The van der Waals surface area contributed by atoms with E-state index in [4.69, 9.17) is 14.2 Å². The highest BCUT2D eigenvalue weighted by molar-refractivity contribution is 5.48. The molecule has 2 fully saturated rings. The molecule has 0 spiro atoms. The molecule has 4 rings (SSSR count). The maximum Gasteiger partial charge on any atom is 0.112 e. The second kappa shape index (κ2) is 6.96. The van der Waals surface area contributed by atoms with E-state index < -0.39 is 0 Å². The molecule has 0 amide bonds. The van der Waals surface area contributed by atoms with Crippen LogP contribution < -0.4 is 0 Å². The molecule has 25 heavy (non-hydrogen) atoms. The molecule has 3 nitrogen and oxygen atoms in total. The van der Waals surface area contributed by atoms with Crippen LogP contribution >= 0.6 is 0 Å². The maximum atomic E-state index is 5.79. The molecule has 2 saturated heterocycles. The molecule has 2 aromatic carbocycles. The van der Waals surface area contributed by atoms with Gasteiger partial charge in [0.25, 0.3) is 0 Å². The first kappa shape index (κ1) is 16.3. The fourth-order valence-corrected chi connectivity index (χ4v) is 3.07. The van der Waals surface area contributed by atoms with Crippen LogP contribution in [0.2, 0.25) is 0 Å². The number of benzene rings is 2. The Hall–Kier alpha value is -2.20.